The second kappa shape index (κ2) is 12.1. The Bertz CT molecular complexity index is 641. The molecule has 24 heavy (non-hydrogen) atoms. The Morgan fingerprint density at radius 2 is 1.54 bits per heavy atom. The Kier molecular flexibility index (Phi) is 11.9. The van der Waals surface area contributed by atoms with Gasteiger partial charge in [-0.3, -0.25) is 0 Å². The van der Waals surface area contributed by atoms with Crippen LogP contribution in [0.3, 0.4) is 0 Å². The normalized spacial score (nSPS) is 11.8. The first-order chi connectivity index (χ1) is 11.3. The molecule has 2 nitrogen and oxygen atoms in total. The zero-order valence-corrected chi connectivity index (χ0v) is 19.2. The summed E-state index contributed by atoms with van der Waals surface area (Å²) >= 11 is -0.556. The molecule has 0 saturated carbocycles. The molecule has 0 spiro atoms. The second-order valence-electron chi connectivity index (χ2n) is 5.47. The van der Waals surface area contributed by atoms with E-state index in [2.05, 4.69) is 26.1 Å². The van der Waals surface area contributed by atoms with Crippen molar-refractivity contribution in [3.63, 3.8) is 0 Å². The van der Waals surface area contributed by atoms with Gasteiger partial charge >= 0.3 is 35.6 Å². The van der Waals surface area contributed by atoms with Gasteiger partial charge in [0.1, 0.15) is 0 Å². The molecule has 1 aromatic carbocycles. The molecule has 1 N–H and O–H groups in total. The summed E-state index contributed by atoms with van der Waals surface area (Å²) in [5.74, 6) is -0.582. The van der Waals surface area contributed by atoms with Crippen LogP contribution in [0.2, 0.25) is 13.1 Å². The van der Waals surface area contributed by atoms with Crippen molar-refractivity contribution in [3.8, 4) is 0 Å². The number of carbonyl (C=O) groups excluding carboxylic acids is 1. The Labute approximate surface area is 165 Å². The zero-order valence-electron chi connectivity index (χ0n) is 15.1. The third kappa shape index (κ3) is 6.20. The van der Waals surface area contributed by atoms with Crippen LogP contribution >= 0.6 is 18.6 Å². The summed E-state index contributed by atoms with van der Waals surface area (Å²) in [5, 5.41) is 0. The molecule has 6 heteroatoms. The fraction of sp³-hybridized carbons (Fsp3) is 0.389. The number of hydrogen-bond donors (Lipinski definition) is 0. The third-order valence-corrected chi connectivity index (χ3v) is 4.01. The van der Waals surface area contributed by atoms with Crippen molar-refractivity contribution in [2.24, 2.45) is 0 Å². The van der Waals surface area contributed by atoms with Gasteiger partial charge in [-0.25, -0.2) is 0 Å². The maximum atomic E-state index is 11.7. The number of hydrogen-bond acceptors (Lipinski definition) is 1. The second-order valence-corrected chi connectivity index (χ2v) is 9.05. The minimum absolute atomic E-state index is 0.556. The fourth-order valence-electron chi connectivity index (χ4n) is 2.63. The summed E-state index contributed by atoms with van der Waals surface area (Å²) in [6.07, 6.45) is 6.99. The predicted molar refractivity (Wildman–Crippen MR) is 105 cm³/mol. The summed E-state index contributed by atoms with van der Waals surface area (Å²) in [6, 6.07) is 0. The van der Waals surface area contributed by atoms with Crippen LogP contribution in [0.5, 0.6) is 0 Å². The number of carbonyl (C=O) groups is 1. The Morgan fingerprint density at radius 3 is 1.92 bits per heavy atom. The molecule has 1 aliphatic carbocycles. The van der Waals surface area contributed by atoms with Crippen LogP contribution in [0.25, 0.3) is 11.3 Å². The van der Waals surface area contributed by atoms with Crippen molar-refractivity contribution in [3.05, 3.63) is 57.3 Å². The number of benzene rings is 1. The van der Waals surface area contributed by atoms with Crippen molar-refractivity contribution in [2.75, 3.05) is 0 Å². The predicted octanol–water partition coefficient (Wildman–Crippen LogP) is 6.62. The SMILES string of the molecule is C[Si]C.Cc1c(C)c(C)c(C2=CC=CC2)c(C([NH-])=O)c1C.[Cl][Ti][Cl]. The van der Waals surface area contributed by atoms with Crippen molar-refractivity contribution in [1.82, 2.24) is 0 Å². The molecule has 0 fully saturated rings. The van der Waals surface area contributed by atoms with E-state index in [1.165, 1.54) is 5.56 Å². The number of nitrogens with one attached hydrogen (secondary N) is 1. The summed E-state index contributed by atoms with van der Waals surface area (Å²) in [7, 11) is 10.9. The minimum atomic E-state index is -0.582. The molecule has 1 aliphatic rings. The molecule has 130 valence electrons. The van der Waals surface area contributed by atoms with Crippen molar-refractivity contribution in [1.29, 1.82) is 0 Å². The summed E-state index contributed by atoms with van der Waals surface area (Å²) < 4.78 is 0. The van der Waals surface area contributed by atoms with Gasteiger partial charge in [-0.15, -0.1) is 0 Å². The number of allylic oxidation sites excluding steroid dienone is 4. The first-order valence-corrected chi connectivity index (χ1v) is 13.8. The van der Waals surface area contributed by atoms with Gasteiger partial charge in [0.25, 0.3) is 0 Å². The molecular formula is C18H24Cl2NOSiTi-. The van der Waals surface area contributed by atoms with E-state index in [-0.39, 0.29) is 0 Å². The Morgan fingerprint density at radius 1 is 1.08 bits per heavy atom. The Balaban J connectivity index is 0.000000772. The van der Waals surface area contributed by atoms with Gasteiger partial charge in [0, 0.05) is 15.1 Å². The van der Waals surface area contributed by atoms with Crippen molar-refractivity contribution < 1.29 is 21.8 Å². The van der Waals surface area contributed by atoms with Gasteiger partial charge in [0.05, 0.1) is 5.91 Å². The molecular weight excluding hydrogens is 393 g/mol. The number of amides is 1. The fourth-order valence-corrected chi connectivity index (χ4v) is 2.63. The molecule has 0 aliphatic heterocycles. The van der Waals surface area contributed by atoms with E-state index < -0.39 is 22.9 Å². The van der Waals surface area contributed by atoms with Gasteiger partial charge in [-0.2, -0.15) is 0 Å². The molecule has 0 unspecified atom stereocenters. The molecule has 2 rings (SSSR count). The van der Waals surface area contributed by atoms with E-state index in [1.54, 1.807) is 0 Å². The first kappa shape index (κ1) is 23.7. The van der Waals surface area contributed by atoms with Gasteiger partial charge in [0.15, 0.2) is 0 Å². The quantitative estimate of drug-likeness (QED) is 0.499. The van der Waals surface area contributed by atoms with Crippen LogP contribution in [0.4, 0.5) is 0 Å². The maximum absolute atomic E-state index is 11.7. The molecule has 1 aromatic rings. The van der Waals surface area contributed by atoms with Crippen LogP contribution in [-0.4, -0.2) is 15.4 Å². The topological polar surface area (TPSA) is 40.9 Å². The van der Waals surface area contributed by atoms with Gasteiger partial charge < -0.3 is 10.5 Å². The summed E-state index contributed by atoms with van der Waals surface area (Å²) in [6.45, 7) is 12.4. The number of rotatable bonds is 2. The van der Waals surface area contributed by atoms with Gasteiger partial charge in [-0.05, 0) is 67.5 Å². The summed E-state index contributed by atoms with van der Waals surface area (Å²) in [5.41, 5.74) is 14.7. The molecule has 0 heterocycles. The van der Waals surface area contributed by atoms with Gasteiger partial charge in [0.2, 0.25) is 0 Å². The molecule has 0 aromatic heterocycles. The monoisotopic (exact) mass is 416 g/mol. The van der Waals surface area contributed by atoms with Crippen LogP contribution in [0, 0.1) is 27.7 Å². The van der Waals surface area contributed by atoms with Crippen molar-refractivity contribution >= 4 is 39.6 Å². The zero-order chi connectivity index (χ0) is 18.9. The molecule has 0 bridgehead atoms. The van der Waals surface area contributed by atoms with Crippen LogP contribution in [0.15, 0.2) is 18.2 Å². The molecule has 0 saturated heterocycles. The van der Waals surface area contributed by atoms with Gasteiger partial charge in [-0.1, -0.05) is 31.3 Å². The number of halogens is 2. The van der Waals surface area contributed by atoms with E-state index >= 15 is 0 Å². The molecule has 2 radical (unpaired) electrons. The van der Waals surface area contributed by atoms with Crippen LogP contribution < -0.4 is 0 Å². The van der Waals surface area contributed by atoms with Crippen molar-refractivity contribution in [2.45, 2.75) is 47.2 Å². The molecule has 0 atom stereocenters. The first-order valence-electron chi connectivity index (χ1n) is 7.55. The Hall–Kier alpha value is -0.319. The average molecular weight is 417 g/mol. The van der Waals surface area contributed by atoms with Crippen LogP contribution in [0.1, 0.15) is 44.6 Å². The average Bonchev–Trinajstić information content (AvgIpc) is 3.03. The van der Waals surface area contributed by atoms with E-state index in [0.717, 1.165) is 43.8 Å². The third-order valence-electron chi connectivity index (χ3n) is 4.01. The summed E-state index contributed by atoms with van der Waals surface area (Å²) in [4.78, 5) is 11.7. The standard InChI is InChI=1S/C16H19NO.C2H6Si.2ClH.Ti/c1-9-10(2)12(4)15(16(17)18)14(11(9)3)13-7-5-6-8-13;1-3-2;;;/h5-7H,8H2,1-4H3,(H2,17,18);1-2H3;2*1H;/q;;;;+2/p-3. The van der Waals surface area contributed by atoms with E-state index in [9.17, 15) is 4.79 Å². The van der Waals surface area contributed by atoms with E-state index in [1.807, 2.05) is 32.9 Å². The molecule has 1 amide bonds. The van der Waals surface area contributed by atoms with Crippen LogP contribution in [-0.2, 0) is 17.0 Å². The van der Waals surface area contributed by atoms with E-state index in [4.69, 9.17) is 24.3 Å². The van der Waals surface area contributed by atoms with E-state index in [0.29, 0.717) is 5.56 Å².